The first kappa shape index (κ1) is 16.8. The number of nitrogens with zero attached hydrogens (tertiary/aromatic N) is 1. The van der Waals surface area contributed by atoms with E-state index in [2.05, 4.69) is 15.3 Å². The van der Waals surface area contributed by atoms with Gasteiger partial charge in [-0.2, -0.15) is 0 Å². The van der Waals surface area contributed by atoms with E-state index in [1.807, 2.05) is 31.2 Å². The molecule has 0 bridgehead atoms. The van der Waals surface area contributed by atoms with Gasteiger partial charge < -0.3 is 14.5 Å². The van der Waals surface area contributed by atoms with Crippen LogP contribution in [0, 0.1) is 6.92 Å². The second kappa shape index (κ2) is 6.60. The highest BCUT2D eigenvalue weighted by molar-refractivity contribution is 5.91. The zero-order valence-electron chi connectivity index (χ0n) is 14.6. The number of para-hydroxylation sites is 2. The largest absolute Gasteiger partial charge is 0.508 e. The number of benzene rings is 2. The lowest BCUT2D eigenvalue weighted by Gasteiger charge is -2.08. The normalized spacial score (nSPS) is 11.1. The summed E-state index contributed by atoms with van der Waals surface area (Å²) in [5.74, 6) is 0.153. The molecule has 0 aliphatic carbocycles. The van der Waals surface area contributed by atoms with Crippen molar-refractivity contribution in [2.45, 2.75) is 19.8 Å². The van der Waals surface area contributed by atoms with Crippen LogP contribution in [0.25, 0.3) is 22.0 Å². The minimum Gasteiger partial charge on any atom is -0.508 e. The zero-order chi connectivity index (χ0) is 19.0. The minimum absolute atomic E-state index is 0.0306. The molecule has 0 saturated heterocycles. The van der Waals surface area contributed by atoms with Crippen molar-refractivity contribution in [1.82, 2.24) is 9.97 Å². The van der Waals surface area contributed by atoms with Crippen LogP contribution in [-0.2, 0) is 11.2 Å². The van der Waals surface area contributed by atoms with Gasteiger partial charge in [-0.25, -0.2) is 9.78 Å². The summed E-state index contributed by atoms with van der Waals surface area (Å²) < 4.78 is 5.28. The third-order valence-electron chi connectivity index (χ3n) is 4.52. The van der Waals surface area contributed by atoms with Crippen LogP contribution in [0.3, 0.4) is 0 Å². The van der Waals surface area contributed by atoms with Crippen LogP contribution in [0.4, 0.5) is 5.95 Å². The molecule has 136 valence electrons. The Labute approximate surface area is 153 Å². The summed E-state index contributed by atoms with van der Waals surface area (Å²) in [6.45, 7) is 1.81. The number of fused-ring (bicyclic) bond motifs is 2. The minimum atomic E-state index is -0.498. The van der Waals surface area contributed by atoms with E-state index in [0.717, 1.165) is 22.0 Å². The number of anilines is 1. The molecule has 2 aromatic carbocycles. The summed E-state index contributed by atoms with van der Waals surface area (Å²) in [4.78, 5) is 31.8. The summed E-state index contributed by atoms with van der Waals surface area (Å²) in [7, 11) is 0. The second-order valence-electron chi connectivity index (χ2n) is 6.32. The molecule has 0 aliphatic rings. The van der Waals surface area contributed by atoms with Crippen LogP contribution < -0.4 is 10.9 Å². The summed E-state index contributed by atoms with van der Waals surface area (Å²) in [5, 5.41) is 13.0. The zero-order valence-corrected chi connectivity index (χ0v) is 14.6. The van der Waals surface area contributed by atoms with Crippen LogP contribution in [0.15, 0.2) is 51.7 Å². The van der Waals surface area contributed by atoms with Crippen LogP contribution >= 0.6 is 0 Å². The number of rotatable bonds is 4. The number of aromatic hydroxyl groups is 1. The lowest BCUT2D eigenvalue weighted by Crippen LogP contribution is -2.17. The number of amides is 1. The number of carbonyl (C=O) groups excluding carboxylic acids is 1. The predicted molar refractivity (Wildman–Crippen MR) is 102 cm³/mol. The van der Waals surface area contributed by atoms with Crippen LogP contribution in [0.2, 0.25) is 0 Å². The number of hydrogen-bond donors (Lipinski definition) is 3. The molecular weight excluding hydrogens is 346 g/mol. The summed E-state index contributed by atoms with van der Waals surface area (Å²) >= 11 is 0. The Morgan fingerprint density at radius 2 is 2.07 bits per heavy atom. The van der Waals surface area contributed by atoms with Crippen molar-refractivity contribution in [2.75, 3.05) is 5.32 Å². The first-order chi connectivity index (χ1) is 13.0. The number of nitrogens with one attached hydrogen (secondary N) is 2. The number of carbonyl (C=O) groups is 1. The molecule has 0 fully saturated rings. The monoisotopic (exact) mass is 363 g/mol. The topological polar surface area (TPSA) is 108 Å². The Morgan fingerprint density at radius 1 is 1.26 bits per heavy atom. The Morgan fingerprint density at radius 3 is 2.89 bits per heavy atom. The van der Waals surface area contributed by atoms with Gasteiger partial charge in [0.25, 0.3) is 0 Å². The first-order valence-corrected chi connectivity index (χ1v) is 8.51. The van der Waals surface area contributed by atoms with Gasteiger partial charge in [-0.3, -0.25) is 10.1 Å². The van der Waals surface area contributed by atoms with Gasteiger partial charge in [0.1, 0.15) is 11.3 Å². The van der Waals surface area contributed by atoms with E-state index < -0.39 is 5.63 Å². The van der Waals surface area contributed by atoms with Crippen LogP contribution in [0.5, 0.6) is 5.75 Å². The lowest BCUT2D eigenvalue weighted by molar-refractivity contribution is -0.116. The maximum Gasteiger partial charge on any atom is 0.339 e. The molecule has 4 rings (SSSR count). The van der Waals surface area contributed by atoms with Gasteiger partial charge in [-0.1, -0.05) is 12.1 Å². The molecule has 0 unspecified atom stereocenters. The summed E-state index contributed by atoms with van der Waals surface area (Å²) in [5.41, 5.74) is 2.63. The van der Waals surface area contributed by atoms with E-state index >= 15 is 0 Å². The van der Waals surface area contributed by atoms with Gasteiger partial charge in [0, 0.05) is 23.4 Å². The van der Waals surface area contributed by atoms with E-state index in [1.165, 1.54) is 12.1 Å². The van der Waals surface area contributed by atoms with E-state index in [4.69, 9.17) is 4.42 Å². The fourth-order valence-corrected chi connectivity index (χ4v) is 3.12. The van der Waals surface area contributed by atoms with E-state index in [1.54, 1.807) is 6.07 Å². The van der Waals surface area contributed by atoms with E-state index in [-0.39, 0.29) is 24.5 Å². The molecule has 0 atom stereocenters. The molecule has 0 radical (unpaired) electrons. The van der Waals surface area contributed by atoms with Crippen molar-refractivity contribution in [3.8, 4) is 5.75 Å². The number of phenols is 1. The highest BCUT2D eigenvalue weighted by atomic mass is 16.4. The summed E-state index contributed by atoms with van der Waals surface area (Å²) in [6.07, 6.45) is 0.364. The van der Waals surface area contributed by atoms with Crippen molar-refractivity contribution in [1.29, 1.82) is 0 Å². The molecule has 27 heavy (non-hydrogen) atoms. The molecule has 0 aliphatic heterocycles. The van der Waals surface area contributed by atoms with Gasteiger partial charge in [-0.15, -0.1) is 0 Å². The van der Waals surface area contributed by atoms with Gasteiger partial charge in [-0.05, 0) is 43.2 Å². The third-order valence-corrected chi connectivity index (χ3v) is 4.52. The fraction of sp³-hybridized carbons (Fsp3) is 0.150. The summed E-state index contributed by atoms with van der Waals surface area (Å²) in [6, 6.07) is 12.1. The Kier molecular flexibility index (Phi) is 4.12. The Bertz CT molecular complexity index is 1190. The van der Waals surface area contributed by atoms with E-state index in [0.29, 0.717) is 17.1 Å². The van der Waals surface area contributed by atoms with Gasteiger partial charge >= 0.3 is 5.63 Å². The molecule has 0 spiro atoms. The maximum atomic E-state index is 12.3. The SMILES string of the molecule is Cc1c(CCC(=O)Nc2nc3ccccc3[nH]2)c(=O)oc2cc(O)ccc12. The molecule has 1 amide bonds. The average Bonchev–Trinajstić information content (AvgIpc) is 3.03. The van der Waals surface area contributed by atoms with Crippen molar-refractivity contribution >= 4 is 33.9 Å². The number of aromatic nitrogens is 2. The quantitative estimate of drug-likeness (QED) is 0.482. The fourth-order valence-electron chi connectivity index (χ4n) is 3.12. The van der Waals surface area contributed by atoms with Crippen molar-refractivity contribution in [3.63, 3.8) is 0 Å². The van der Waals surface area contributed by atoms with Crippen LogP contribution in [-0.4, -0.2) is 21.0 Å². The van der Waals surface area contributed by atoms with Gasteiger partial charge in [0.2, 0.25) is 11.9 Å². The molecule has 4 aromatic rings. The average molecular weight is 363 g/mol. The standard InChI is InChI=1S/C20H17N3O4/c1-11-13-7-6-12(24)10-17(13)27-19(26)14(11)8-9-18(25)23-20-21-15-4-2-3-5-16(15)22-20/h2-7,10,24H,8-9H2,1H3,(H2,21,22,23,25). The van der Waals surface area contributed by atoms with Crippen molar-refractivity contribution in [3.05, 3.63) is 64.0 Å². The second-order valence-corrected chi connectivity index (χ2v) is 6.32. The molecule has 7 nitrogen and oxygen atoms in total. The first-order valence-electron chi connectivity index (χ1n) is 8.51. The lowest BCUT2D eigenvalue weighted by atomic mass is 10.0. The number of aryl methyl sites for hydroxylation is 1. The molecular formula is C20H17N3O4. The number of H-pyrrole nitrogens is 1. The molecule has 7 heteroatoms. The van der Waals surface area contributed by atoms with Gasteiger partial charge in [0.15, 0.2) is 0 Å². The van der Waals surface area contributed by atoms with Crippen molar-refractivity contribution in [2.24, 2.45) is 0 Å². The molecule has 3 N–H and O–H groups in total. The molecule has 2 aromatic heterocycles. The molecule has 0 saturated carbocycles. The third kappa shape index (κ3) is 3.27. The number of hydrogen-bond acceptors (Lipinski definition) is 5. The number of aromatic amines is 1. The van der Waals surface area contributed by atoms with Crippen LogP contribution in [0.1, 0.15) is 17.5 Å². The smallest absolute Gasteiger partial charge is 0.339 e. The van der Waals surface area contributed by atoms with Gasteiger partial charge in [0.05, 0.1) is 11.0 Å². The molecule has 2 heterocycles. The van der Waals surface area contributed by atoms with Crippen molar-refractivity contribution < 1.29 is 14.3 Å². The highest BCUT2D eigenvalue weighted by Crippen LogP contribution is 2.24. The Hall–Kier alpha value is -3.61. The number of phenolic OH excluding ortho intramolecular Hbond substituents is 1. The Balaban J connectivity index is 1.51. The van der Waals surface area contributed by atoms with E-state index in [9.17, 15) is 14.7 Å². The number of imidazole rings is 1. The highest BCUT2D eigenvalue weighted by Gasteiger charge is 2.14. The predicted octanol–water partition coefficient (Wildman–Crippen LogP) is 3.25. The maximum absolute atomic E-state index is 12.3.